The standard InChI is InChI=1S/C16H12ClFN2O5/c1-9(15(21)19-13-5-3-2-4-12(13)18)25-16(22)11-8-10(17)6-7-14(11)20(23)24/h2-9H,1H3,(H,19,21)/t9-/m0/s1. The number of anilines is 1. The van der Waals surface area contributed by atoms with Gasteiger partial charge in [0.15, 0.2) is 6.10 Å². The monoisotopic (exact) mass is 366 g/mol. The Morgan fingerprint density at radius 1 is 1.28 bits per heavy atom. The number of ether oxygens (including phenoxy) is 1. The number of nitro groups is 1. The third-order valence-electron chi connectivity index (χ3n) is 3.16. The lowest BCUT2D eigenvalue weighted by Crippen LogP contribution is -2.30. The van der Waals surface area contributed by atoms with Crippen LogP contribution in [0.3, 0.4) is 0 Å². The summed E-state index contributed by atoms with van der Waals surface area (Å²) in [5, 5.41) is 13.3. The molecular formula is C16H12ClFN2O5. The van der Waals surface area contributed by atoms with Crippen LogP contribution in [0.15, 0.2) is 42.5 Å². The summed E-state index contributed by atoms with van der Waals surface area (Å²) in [6.45, 7) is 1.25. The molecule has 0 saturated carbocycles. The van der Waals surface area contributed by atoms with Crippen LogP contribution in [0.25, 0.3) is 0 Å². The van der Waals surface area contributed by atoms with E-state index in [0.717, 1.165) is 18.2 Å². The van der Waals surface area contributed by atoms with Gasteiger partial charge in [-0.1, -0.05) is 23.7 Å². The number of carbonyl (C=O) groups is 2. The van der Waals surface area contributed by atoms with E-state index in [1.165, 1.54) is 31.2 Å². The number of amides is 1. The molecule has 130 valence electrons. The highest BCUT2D eigenvalue weighted by atomic mass is 35.5. The fourth-order valence-electron chi connectivity index (χ4n) is 1.91. The maximum Gasteiger partial charge on any atom is 0.345 e. The number of halogens is 2. The van der Waals surface area contributed by atoms with E-state index in [0.29, 0.717) is 0 Å². The first-order valence-electron chi connectivity index (χ1n) is 7.00. The Morgan fingerprint density at radius 3 is 2.60 bits per heavy atom. The molecule has 9 heteroatoms. The fourth-order valence-corrected chi connectivity index (χ4v) is 2.08. The van der Waals surface area contributed by atoms with E-state index >= 15 is 0 Å². The number of benzene rings is 2. The van der Waals surface area contributed by atoms with Crippen LogP contribution in [-0.2, 0) is 9.53 Å². The third-order valence-corrected chi connectivity index (χ3v) is 3.40. The molecule has 0 bridgehead atoms. The molecule has 0 fully saturated rings. The van der Waals surface area contributed by atoms with Crippen molar-refractivity contribution in [2.24, 2.45) is 0 Å². The normalized spacial score (nSPS) is 11.5. The van der Waals surface area contributed by atoms with E-state index in [1.807, 2.05) is 0 Å². The molecule has 0 spiro atoms. The predicted molar refractivity (Wildman–Crippen MR) is 88.0 cm³/mol. The van der Waals surface area contributed by atoms with Gasteiger partial charge >= 0.3 is 5.97 Å². The van der Waals surface area contributed by atoms with Crippen LogP contribution in [0.4, 0.5) is 15.8 Å². The lowest BCUT2D eigenvalue weighted by atomic mass is 10.2. The van der Waals surface area contributed by atoms with Gasteiger partial charge in [-0.25, -0.2) is 9.18 Å². The smallest absolute Gasteiger partial charge is 0.345 e. The lowest BCUT2D eigenvalue weighted by molar-refractivity contribution is -0.385. The van der Waals surface area contributed by atoms with Crippen LogP contribution in [0.1, 0.15) is 17.3 Å². The van der Waals surface area contributed by atoms with Crippen molar-refractivity contribution < 1.29 is 23.6 Å². The van der Waals surface area contributed by atoms with E-state index in [4.69, 9.17) is 16.3 Å². The van der Waals surface area contributed by atoms with Crippen molar-refractivity contribution in [3.8, 4) is 0 Å². The van der Waals surface area contributed by atoms with Gasteiger partial charge in [-0.15, -0.1) is 0 Å². The highest BCUT2D eigenvalue weighted by molar-refractivity contribution is 6.31. The zero-order chi connectivity index (χ0) is 18.6. The second-order valence-electron chi connectivity index (χ2n) is 4.94. The second kappa shape index (κ2) is 7.71. The summed E-state index contributed by atoms with van der Waals surface area (Å²) in [7, 11) is 0. The molecule has 0 aliphatic carbocycles. The molecule has 2 aromatic carbocycles. The van der Waals surface area contributed by atoms with Crippen LogP contribution in [0.5, 0.6) is 0 Å². The minimum absolute atomic E-state index is 0.0795. The number of nitrogens with zero attached hydrogens (tertiary/aromatic N) is 1. The van der Waals surface area contributed by atoms with Crippen molar-refractivity contribution in [2.75, 3.05) is 5.32 Å². The summed E-state index contributed by atoms with van der Waals surface area (Å²) in [6, 6.07) is 8.85. The Balaban J connectivity index is 2.12. The molecule has 0 heterocycles. The first kappa shape index (κ1) is 18.3. The molecule has 0 aromatic heterocycles. The van der Waals surface area contributed by atoms with Crippen LogP contribution < -0.4 is 5.32 Å². The Kier molecular flexibility index (Phi) is 5.66. The first-order chi connectivity index (χ1) is 11.8. The van der Waals surface area contributed by atoms with Gasteiger partial charge in [0.05, 0.1) is 10.6 Å². The summed E-state index contributed by atoms with van der Waals surface area (Å²) in [4.78, 5) is 34.3. The topological polar surface area (TPSA) is 98.5 Å². The number of para-hydroxylation sites is 1. The highest BCUT2D eigenvalue weighted by Gasteiger charge is 2.26. The third kappa shape index (κ3) is 4.51. The molecule has 0 aliphatic heterocycles. The van der Waals surface area contributed by atoms with Crippen molar-refractivity contribution in [1.29, 1.82) is 0 Å². The van der Waals surface area contributed by atoms with Crippen LogP contribution in [-0.4, -0.2) is 22.9 Å². The molecule has 7 nitrogen and oxygen atoms in total. The zero-order valence-corrected chi connectivity index (χ0v) is 13.6. The van der Waals surface area contributed by atoms with E-state index in [-0.39, 0.29) is 16.3 Å². The van der Waals surface area contributed by atoms with Gasteiger partial charge in [0.1, 0.15) is 11.4 Å². The van der Waals surface area contributed by atoms with Crippen molar-refractivity contribution in [1.82, 2.24) is 0 Å². The predicted octanol–water partition coefficient (Wildman–Crippen LogP) is 3.57. The van der Waals surface area contributed by atoms with Gasteiger partial charge in [-0.05, 0) is 31.2 Å². The quantitative estimate of drug-likeness (QED) is 0.495. The van der Waals surface area contributed by atoms with Gasteiger partial charge in [0.25, 0.3) is 11.6 Å². The van der Waals surface area contributed by atoms with Crippen molar-refractivity contribution in [3.63, 3.8) is 0 Å². The number of carbonyl (C=O) groups excluding carboxylic acids is 2. The molecule has 0 saturated heterocycles. The SMILES string of the molecule is C[C@H](OC(=O)c1cc(Cl)ccc1[N+](=O)[O-])C(=O)Nc1ccccc1F. The molecule has 2 aromatic rings. The molecule has 1 N–H and O–H groups in total. The van der Waals surface area contributed by atoms with Gasteiger partial charge in [0, 0.05) is 11.1 Å². The lowest BCUT2D eigenvalue weighted by Gasteiger charge is -2.14. The molecule has 0 aliphatic rings. The summed E-state index contributed by atoms with van der Waals surface area (Å²) in [5.41, 5.74) is -0.969. The summed E-state index contributed by atoms with van der Waals surface area (Å²) < 4.78 is 18.4. The minimum atomic E-state index is -1.31. The minimum Gasteiger partial charge on any atom is -0.449 e. The molecule has 1 atom stereocenters. The number of nitrogens with one attached hydrogen (secondary N) is 1. The largest absolute Gasteiger partial charge is 0.449 e. The number of hydrogen-bond acceptors (Lipinski definition) is 5. The van der Waals surface area contributed by atoms with Crippen LogP contribution in [0.2, 0.25) is 5.02 Å². The van der Waals surface area contributed by atoms with Crippen molar-refractivity contribution in [3.05, 3.63) is 69.0 Å². The maximum absolute atomic E-state index is 13.5. The summed E-state index contributed by atoms with van der Waals surface area (Å²) in [6.07, 6.45) is -1.31. The van der Waals surface area contributed by atoms with Crippen LogP contribution in [0, 0.1) is 15.9 Å². The Hall–Kier alpha value is -3.00. The van der Waals surface area contributed by atoms with Crippen molar-refractivity contribution in [2.45, 2.75) is 13.0 Å². The molecule has 0 radical (unpaired) electrons. The maximum atomic E-state index is 13.5. The average molecular weight is 367 g/mol. The molecular weight excluding hydrogens is 355 g/mol. The highest BCUT2D eigenvalue weighted by Crippen LogP contribution is 2.24. The molecule has 2 rings (SSSR count). The van der Waals surface area contributed by atoms with E-state index in [9.17, 15) is 24.1 Å². The number of hydrogen-bond donors (Lipinski definition) is 1. The number of esters is 1. The first-order valence-corrected chi connectivity index (χ1v) is 7.37. The Labute approximate surface area is 146 Å². The fraction of sp³-hybridized carbons (Fsp3) is 0.125. The Morgan fingerprint density at radius 2 is 1.96 bits per heavy atom. The van der Waals surface area contributed by atoms with Gasteiger partial charge in [-0.3, -0.25) is 14.9 Å². The average Bonchev–Trinajstić information content (AvgIpc) is 2.56. The number of nitro benzene ring substituents is 1. The second-order valence-corrected chi connectivity index (χ2v) is 5.37. The van der Waals surface area contributed by atoms with Gasteiger partial charge < -0.3 is 10.1 Å². The van der Waals surface area contributed by atoms with Crippen molar-refractivity contribution >= 4 is 34.9 Å². The van der Waals surface area contributed by atoms with E-state index < -0.39 is 34.4 Å². The van der Waals surface area contributed by atoms with Gasteiger partial charge in [-0.2, -0.15) is 0 Å². The van der Waals surface area contributed by atoms with E-state index in [2.05, 4.69) is 5.32 Å². The molecule has 1 amide bonds. The molecule has 0 unspecified atom stereocenters. The summed E-state index contributed by atoms with van der Waals surface area (Å²) in [5.74, 6) is -2.53. The molecule has 25 heavy (non-hydrogen) atoms. The van der Waals surface area contributed by atoms with E-state index in [1.54, 1.807) is 0 Å². The van der Waals surface area contributed by atoms with Gasteiger partial charge in [0.2, 0.25) is 0 Å². The number of rotatable bonds is 5. The zero-order valence-electron chi connectivity index (χ0n) is 12.9. The van der Waals surface area contributed by atoms with Crippen LogP contribution >= 0.6 is 11.6 Å². The Bertz CT molecular complexity index is 843. The summed E-state index contributed by atoms with van der Waals surface area (Å²) >= 11 is 5.74.